The Balaban J connectivity index is 1.94. The van der Waals surface area contributed by atoms with Crippen LogP contribution in [0.15, 0.2) is 29.6 Å². The molecule has 1 N–H and O–H groups in total. The van der Waals surface area contributed by atoms with E-state index in [1.807, 2.05) is 19.1 Å². The van der Waals surface area contributed by atoms with Gasteiger partial charge < -0.3 is 5.32 Å². The van der Waals surface area contributed by atoms with Crippen molar-refractivity contribution >= 4 is 11.3 Å². The van der Waals surface area contributed by atoms with E-state index in [9.17, 15) is 4.39 Å². The largest absolute Gasteiger partial charge is 0.305 e. The van der Waals surface area contributed by atoms with Crippen LogP contribution in [0.25, 0.3) is 0 Å². The molecule has 102 valence electrons. The lowest BCUT2D eigenvalue weighted by molar-refractivity contribution is 0.468. The summed E-state index contributed by atoms with van der Waals surface area (Å²) in [5, 5.41) is 6.60. The van der Waals surface area contributed by atoms with Crippen molar-refractivity contribution in [2.45, 2.75) is 39.3 Å². The van der Waals surface area contributed by atoms with Gasteiger partial charge in [0, 0.05) is 17.1 Å². The number of hydrogen-bond acceptors (Lipinski definition) is 3. The summed E-state index contributed by atoms with van der Waals surface area (Å²) >= 11 is 1.66. The molecule has 0 aliphatic carbocycles. The number of aryl methyl sites for hydroxylation is 1. The fraction of sp³-hybridized carbons (Fsp3) is 0.400. The SMILES string of the molecule is Cc1csc(C(C)NC(C)Cc2ccccc2F)n1. The van der Waals surface area contributed by atoms with E-state index in [2.05, 4.69) is 29.5 Å². The van der Waals surface area contributed by atoms with Gasteiger partial charge in [-0.15, -0.1) is 11.3 Å². The van der Waals surface area contributed by atoms with Crippen molar-refractivity contribution in [2.75, 3.05) is 0 Å². The van der Waals surface area contributed by atoms with Crippen LogP contribution in [0.2, 0.25) is 0 Å². The van der Waals surface area contributed by atoms with Gasteiger partial charge in [-0.2, -0.15) is 0 Å². The van der Waals surface area contributed by atoms with Gasteiger partial charge in [0.1, 0.15) is 10.8 Å². The van der Waals surface area contributed by atoms with Gasteiger partial charge in [-0.1, -0.05) is 18.2 Å². The van der Waals surface area contributed by atoms with Gasteiger partial charge in [-0.25, -0.2) is 9.37 Å². The highest BCUT2D eigenvalue weighted by Crippen LogP contribution is 2.19. The van der Waals surface area contributed by atoms with Gasteiger partial charge >= 0.3 is 0 Å². The zero-order valence-electron chi connectivity index (χ0n) is 11.5. The smallest absolute Gasteiger partial charge is 0.126 e. The van der Waals surface area contributed by atoms with Crippen molar-refractivity contribution in [3.63, 3.8) is 0 Å². The highest BCUT2D eigenvalue weighted by atomic mass is 32.1. The predicted molar refractivity (Wildman–Crippen MR) is 78.0 cm³/mol. The average Bonchev–Trinajstić information content (AvgIpc) is 2.79. The molecule has 1 aromatic carbocycles. The molecule has 0 fully saturated rings. The molecule has 2 atom stereocenters. The third kappa shape index (κ3) is 3.85. The van der Waals surface area contributed by atoms with E-state index in [1.54, 1.807) is 17.4 Å². The van der Waals surface area contributed by atoms with Crippen LogP contribution in [0.5, 0.6) is 0 Å². The number of aromatic nitrogens is 1. The first-order chi connectivity index (χ1) is 9.06. The van der Waals surface area contributed by atoms with Crippen LogP contribution < -0.4 is 5.32 Å². The molecule has 2 aromatic rings. The van der Waals surface area contributed by atoms with E-state index in [0.29, 0.717) is 6.42 Å². The Hall–Kier alpha value is -1.26. The number of thiazole rings is 1. The summed E-state index contributed by atoms with van der Waals surface area (Å²) in [4.78, 5) is 4.47. The van der Waals surface area contributed by atoms with Gasteiger partial charge in [0.15, 0.2) is 0 Å². The first-order valence-corrected chi connectivity index (χ1v) is 7.35. The molecule has 2 rings (SSSR count). The number of rotatable bonds is 5. The molecule has 1 heterocycles. The van der Waals surface area contributed by atoms with Crippen molar-refractivity contribution in [3.05, 3.63) is 51.7 Å². The summed E-state index contributed by atoms with van der Waals surface area (Å²) in [6, 6.07) is 7.34. The maximum absolute atomic E-state index is 13.6. The topological polar surface area (TPSA) is 24.9 Å². The fourth-order valence-corrected chi connectivity index (χ4v) is 2.93. The molecule has 0 aliphatic heterocycles. The van der Waals surface area contributed by atoms with Crippen molar-refractivity contribution in [3.8, 4) is 0 Å². The van der Waals surface area contributed by atoms with E-state index in [0.717, 1.165) is 16.3 Å². The second-order valence-corrected chi connectivity index (χ2v) is 5.80. The lowest BCUT2D eigenvalue weighted by atomic mass is 10.1. The molecule has 2 unspecified atom stereocenters. The summed E-state index contributed by atoms with van der Waals surface area (Å²) in [6.07, 6.45) is 0.682. The second-order valence-electron chi connectivity index (χ2n) is 4.91. The van der Waals surface area contributed by atoms with Crippen molar-refractivity contribution in [1.82, 2.24) is 10.3 Å². The van der Waals surface area contributed by atoms with Crippen molar-refractivity contribution < 1.29 is 4.39 Å². The number of benzene rings is 1. The Morgan fingerprint density at radius 2 is 2.05 bits per heavy atom. The normalized spacial score (nSPS) is 14.3. The fourth-order valence-electron chi connectivity index (χ4n) is 2.12. The monoisotopic (exact) mass is 278 g/mol. The molecule has 1 aromatic heterocycles. The zero-order valence-corrected chi connectivity index (χ0v) is 12.3. The van der Waals surface area contributed by atoms with Crippen molar-refractivity contribution in [1.29, 1.82) is 0 Å². The Morgan fingerprint density at radius 1 is 1.32 bits per heavy atom. The molecule has 0 saturated carbocycles. The van der Waals surface area contributed by atoms with Crippen LogP contribution in [0, 0.1) is 12.7 Å². The third-order valence-corrected chi connectivity index (χ3v) is 4.17. The van der Waals surface area contributed by atoms with Crippen LogP contribution in [-0.2, 0) is 6.42 Å². The van der Waals surface area contributed by atoms with Gasteiger partial charge in [-0.3, -0.25) is 0 Å². The number of hydrogen-bond donors (Lipinski definition) is 1. The Labute approximate surface area is 117 Å². The molecule has 0 aliphatic rings. The number of nitrogens with one attached hydrogen (secondary N) is 1. The van der Waals surface area contributed by atoms with E-state index < -0.39 is 0 Å². The average molecular weight is 278 g/mol. The Bertz CT molecular complexity index is 538. The van der Waals surface area contributed by atoms with Crippen LogP contribution in [0.1, 0.15) is 36.2 Å². The van der Waals surface area contributed by atoms with E-state index >= 15 is 0 Å². The summed E-state index contributed by atoms with van der Waals surface area (Å²) in [7, 11) is 0. The van der Waals surface area contributed by atoms with Crippen LogP contribution in [-0.4, -0.2) is 11.0 Å². The lowest BCUT2D eigenvalue weighted by Gasteiger charge is -2.18. The summed E-state index contributed by atoms with van der Waals surface area (Å²) in [6.45, 7) is 6.16. The molecule has 0 bridgehead atoms. The molecule has 0 radical (unpaired) electrons. The predicted octanol–water partition coefficient (Wildman–Crippen LogP) is 3.87. The highest BCUT2D eigenvalue weighted by molar-refractivity contribution is 7.09. The van der Waals surface area contributed by atoms with E-state index in [-0.39, 0.29) is 17.9 Å². The van der Waals surface area contributed by atoms with Gasteiger partial charge in [0.25, 0.3) is 0 Å². The molecule has 0 amide bonds. The molecule has 19 heavy (non-hydrogen) atoms. The minimum atomic E-state index is -0.131. The Kier molecular flexibility index (Phi) is 4.66. The highest BCUT2D eigenvalue weighted by Gasteiger charge is 2.13. The third-order valence-electron chi connectivity index (χ3n) is 3.03. The van der Waals surface area contributed by atoms with E-state index in [1.165, 1.54) is 6.07 Å². The standard InChI is InChI=1S/C15H19FN2S/c1-10(8-13-6-4-5-7-14(13)16)17-12(3)15-18-11(2)9-19-15/h4-7,9-10,12,17H,8H2,1-3H3. The molecule has 0 spiro atoms. The minimum Gasteiger partial charge on any atom is -0.305 e. The molecule has 2 nitrogen and oxygen atoms in total. The number of nitrogens with zero attached hydrogens (tertiary/aromatic N) is 1. The molecular formula is C15H19FN2S. The zero-order chi connectivity index (χ0) is 13.8. The molecule has 4 heteroatoms. The van der Waals surface area contributed by atoms with Crippen LogP contribution >= 0.6 is 11.3 Å². The maximum Gasteiger partial charge on any atom is 0.126 e. The maximum atomic E-state index is 13.6. The van der Waals surface area contributed by atoms with E-state index in [4.69, 9.17) is 0 Å². The summed E-state index contributed by atoms with van der Waals surface area (Å²) < 4.78 is 13.6. The summed E-state index contributed by atoms with van der Waals surface area (Å²) in [5.74, 6) is -0.131. The van der Waals surface area contributed by atoms with Gasteiger partial charge in [-0.05, 0) is 38.8 Å². The molecule has 0 saturated heterocycles. The van der Waals surface area contributed by atoms with Crippen molar-refractivity contribution in [2.24, 2.45) is 0 Å². The summed E-state index contributed by atoms with van der Waals surface area (Å²) in [5.41, 5.74) is 1.81. The lowest BCUT2D eigenvalue weighted by Crippen LogP contribution is -2.31. The minimum absolute atomic E-state index is 0.131. The second kappa shape index (κ2) is 6.26. The Morgan fingerprint density at radius 3 is 2.68 bits per heavy atom. The van der Waals surface area contributed by atoms with Crippen LogP contribution in [0.4, 0.5) is 4.39 Å². The first-order valence-electron chi connectivity index (χ1n) is 6.47. The van der Waals surface area contributed by atoms with Gasteiger partial charge in [0.05, 0.1) is 6.04 Å². The number of halogens is 1. The first kappa shape index (κ1) is 14.2. The van der Waals surface area contributed by atoms with Crippen LogP contribution in [0.3, 0.4) is 0 Å². The quantitative estimate of drug-likeness (QED) is 0.898. The molecular weight excluding hydrogens is 259 g/mol. The van der Waals surface area contributed by atoms with Gasteiger partial charge in [0.2, 0.25) is 0 Å².